The van der Waals surface area contributed by atoms with Crippen LogP contribution in [0, 0.1) is 0 Å². The lowest BCUT2D eigenvalue weighted by Gasteiger charge is -2.24. The Hall–Kier alpha value is -1.45. The number of carbonyl (C=O) groups is 2. The number of rotatable bonds is 13. The Balaban J connectivity index is 1.73. The number of hydrogen-bond donors (Lipinski definition) is 1. The van der Waals surface area contributed by atoms with Crippen LogP contribution in [0.25, 0.3) is 0 Å². The van der Waals surface area contributed by atoms with Gasteiger partial charge >= 0.3 is 0 Å². The number of hydrogen-bond acceptors (Lipinski definition) is 6. The molecule has 1 aliphatic heterocycles. The highest BCUT2D eigenvalue weighted by Crippen LogP contribution is 2.22. The second-order valence-electron chi connectivity index (χ2n) is 7.53. The van der Waals surface area contributed by atoms with E-state index < -0.39 is 15.9 Å². The lowest BCUT2D eigenvalue weighted by molar-refractivity contribution is -0.129. The summed E-state index contributed by atoms with van der Waals surface area (Å²) in [5, 5.41) is 0. The number of ether oxygens (including phenoxy) is 1. The number of sulfonamides is 1. The van der Waals surface area contributed by atoms with Gasteiger partial charge in [0.25, 0.3) is 5.91 Å². The fourth-order valence-corrected chi connectivity index (χ4v) is 4.78. The molecule has 0 saturated carbocycles. The summed E-state index contributed by atoms with van der Waals surface area (Å²) in [6.07, 6.45) is 9.55. The summed E-state index contributed by atoms with van der Waals surface area (Å²) in [6.45, 7) is 3.82. The van der Waals surface area contributed by atoms with Gasteiger partial charge in [0.05, 0.1) is 30.4 Å². The molecule has 1 aromatic rings. The van der Waals surface area contributed by atoms with Crippen LogP contribution in [0.2, 0.25) is 0 Å². The molecule has 1 aliphatic rings. The number of amides is 2. The van der Waals surface area contributed by atoms with Crippen molar-refractivity contribution in [2.45, 2.75) is 70.9 Å². The first kappa shape index (κ1) is 23.8. The molecule has 0 bridgehead atoms. The molecule has 1 saturated heterocycles. The van der Waals surface area contributed by atoms with E-state index >= 15 is 0 Å². The van der Waals surface area contributed by atoms with E-state index in [4.69, 9.17) is 4.74 Å². The average molecular weight is 445 g/mol. The first-order chi connectivity index (χ1) is 13.8. The second kappa shape index (κ2) is 11.7. The van der Waals surface area contributed by atoms with E-state index in [1.54, 1.807) is 12.1 Å². The first-order valence-electron chi connectivity index (χ1n) is 10.3. The highest BCUT2D eigenvalue weighted by molar-refractivity contribution is 7.89. The van der Waals surface area contributed by atoms with Crippen LogP contribution in [0.4, 0.5) is 0 Å². The van der Waals surface area contributed by atoms with E-state index in [9.17, 15) is 18.0 Å². The fraction of sp³-hybridized carbons (Fsp3) is 0.700. The van der Waals surface area contributed by atoms with Gasteiger partial charge < -0.3 is 9.64 Å². The lowest BCUT2D eigenvalue weighted by atomic mass is 10.1. The Labute approximate surface area is 177 Å². The van der Waals surface area contributed by atoms with Gasteiger partial charge in [-0.15, -0.1) is 11.3 Å². The minimum Gasteiger partial charge on any atom is -0.374 e. The summed E-state index contributed by atoms with van der Waals surface area (Å²) in [4.78, 5) is 27.1. The lowest BCUT2D eigenvalue weighted by Crippen LogP contribution is -2.36. The minimum absolute atomic E-state index is 0.117. The Morgan fingerprint density at radius 2 is 1.97 bits per heavy atom. The van der Waals surface area contributed by atoms with Gasteiger partial charge in [-0.2, -0.15) is 0 Å². The Morgan fingerprint density at radius 3 is 2.69 bits per heavy atom. The first-order valence-corrected chi connectivity index (χ1v) is 13.0. The SMILES string of the molecule is CCCCCCCCN1C(=O)CC[C@@H]1COCc1ccc(C(=O)NS(C)(=O)=O)s1. The maximum Gasteiger partial charge on any atom is 0.274 e. The molecule has 0 radical (unpaired) electrons. The molecule has 164 valence electrons. The van der Waals surface area contributed by atoms with Gasteiger partial charge in [0.1, 0.15) is 0 Å². The third kappa shape index (κ3) is 8.44. The van der Waals surface area contributed by atoms with Gasteiger partial charge in [0.15, 0.2) is 0 Å². The highest BCUT2D eigenvalue weighted by Gasteiger charge is 2.30. The summed E-state index contributed by atoms with van der Waals surface area (Å²) in [5.74, 6) is -0.418. The molecule has 1 fully saturated rings. The topological polar surface area (TPSA) is 92.8 Å². The maximum absolute atomic E-state index is 12.2. The molecule has 1 aromatic heterocycles. The van der Waals surface area contributed by atoms with Crippen molar-refractivity contribution in [1.82, 2.24) is 9.62 Å². The third-order valence-corrected chi connectivity index (χ3v) is 6.54. The van der Waals surface area contributed by atoms with E-state index in [1.807, 2.05) is 9.62 Å². The summed E-state index contributed by atoms with van der Waals surface area (Å²) >= 11 is 1.21. The summed E-state index contributed by atoms with van der Waals surface area (Å²) < 4.78 is 30.1. The molecule has 1 atom stereocenters. The molecule has 1 N–H and O–H groups in total. The average Bonchev–Trinajstić information content (AvgIpc) is 3.25. The van der Waals surface area contributed by atoms with Crippen molar-refractivity contribution in [2.24, 2.45) is 0 Å². The molecule has 2 rings (SSSR count). The van der Waals surface area contributed by atoms with Crippen LogP contribution in [0.15, 0.2) is 12.1 Å². The Morgan fingerprint density at radius 1 is 1.24 bits per heavy atom. The zero-order valence-electron chi connectivity index (χ0n) is 17.3. The molecule has 2 heterocycles. The number of carbonyl (C=O) groups excluding carboxylic acids is 2. The molecule has 29 heavy (non-hydrogen) atoms. The maximum atomic E-state index is 12.2. The van der Waals surface area contributed by atoms with Crippen LogP contribution in [0.1, 0.15) is 72.8 Å². The molecule has 0 aliphatic carbocycles. The van der Waals surface area contributed by atoms with Crippen molar-refractivity contribution >= 4 is 33.2 Å². The Kier molecular flexibility index (Phi) is 9.58. The van der Waals surface area contributed by atoms with E-state index in [2.05, 4.69) is 6.92 Å². The van der Waals surface area contributed by atoms with Crippen molar-refractivity contribution < 1.29 is 22.7 Å². The van der Waals surface area contributed by atoms with Crippen LogP contribution < -0.4 is 4.72 Å². The third-order valence-electron chi connectivity index (χ3n) is 4.92. The highest BCUT2D eigenvalue weighted by atomic mass is 32.2. The normalized spacial score (nSPS) is 17.1. The van der Waals surface area contributed by atoms with Crippen LogP contribution in [0.5, 0.6) is 0 Å². The molecule has 0 aromatic carbocycles. The monoisotopic (exact) mass is 444 g/mol. The van der Waals surface area contributed by atoms with E-state index in [0.29, 0.717) is 24.5 Å². The molecule has 0 spiro atoms. The zero-order chi connectivity index (χ0) is 21.3. The number of nitrogens with one attached hydrogen (secondary N) is 1. The van der Waals surface area contributed by atoms with Gasteiger partial charge in [0, 0.05) is 17.8 Å². The minimum atomic E-state index is -3.58. The largest absolute Gasteiger partial charge is 0.374 e. The van der Waals surface area contributed by atoms with Gasteiger partial charge in [0.2, 0.25) is 15.9 Å². The van der Waals surface area contributed by atoms with E-state index in [0.717, 1.165) is 36.9 Å². The van der Waals surface area contributed by atoms with Crippen molar-refractivity contribution in [3.05, 3.63) is 21.9 Å². The predicted octanol–water partition coefficient (Wildman–Crippen LogP) is 3.31. The molecule has 7 nitrogen and oxygen atoms in total. The molecule has 9 heteroatoms. The molecular formula is C20H32N2O5S2. The van der Waals surface area contributed by atoms with E-state index in [-0.39, 0.29) is 11.9 Å². The number of unbranched alkanes of at least 4 members (excludes halogenated alkanes) is 5. The number of thiophene rings is 1. The summed E-state index contributed by atoms with van der Waals surface area (Å²) in [7, 11) is -3.58. The van der Waals surface area contributed by atoms with Crippen molar-refractivity contribution in [3.8, 4) is 0 Å². The van der Waals surface area contributed by atoms with E-state index in [1.165, 1.54) is 37.0 Å². The van der Waals surface area contributed by atoms with Gasteiger partial charge in [-0.25, -0.2) is 13.1 Å². The fourth-order valence-electron chi connectivity index (χ4n) is 3.43. The van der Waals surface area contributed by atoms with Gasteiger partial charge in [-0.05, 0) is 25.0 Å². The molecular weight excluding hydrogens is 412 g/mol. The van der Waals surface area contributed by atoms with Crippen molar-refractivity contribution in [3.63, 3.8) is 0 Å². The number of nitrogens with zero attached hydrogens (tertiary/aromatic N) is 1. The van der Waals surface area contributed by atoms with Crippen molar-refractivity contribution in [2.75, 3.05) is 19.4 Å². The molecule has 0 unspecified atom stereocenters. The van der Waals surface area contributed by atoms with Crippen LogP contribution in [0.3, 0.4) is 0 Å². The molecule has 2 amide bonds. The van der Waals surface area contributed by atoms with Gasteiger partial charge in [-0.3, -0.25) is 9.59 Å². The smallest absolute Gasteiger partial charge is 0.274 e. The number of likely N-dealkylation sites (tertiary alicyclic amines) is 1. The quantitative estimate of drug-likeness (QED) is 0.471. The zero-order valence-corrected chi connectivity index (χ0v) is 18.9. The second-order valence-corrected chi connectivity index (χ2v) is 10.4. The van der Waals surface area contributed by atoms with Crippen molar-refractivity contribution in [1.29, 1.82) is 0 Å². The summed E-state index contributed by atoms with van der Waals surface area (Å²) in [6, 6.07) is 3.47. The Bertz CT molecular complexity index is 776. The van der Waals surface area contributed by atoms with Gasteiger partial charge in [-0.1, -0.05) is 39.0 Å². The van der Waals surface area contributed by atoms with Crippen LogP contribution in [-0.2, 0) is 26.2 Å². The van der Waals surface area contributed by atoms with Crippen LogP contribution >= 0.6 is 11.3 Å². The predicted molar refractivity (Wildman–Crippen MR) is 114 cm³/mol. The van der Waals surface area contributed by atoms with Crippen LogP contribution in [-0.4, -0.2) is 50.6 Å². The standard InChI is InChI=1S/C20H32N2O5S2/c1-3-4-5-6-7-8-13-22-16(9-12-19(22)23)14-27-15-17-10-11-18(28-17)20(24)21-29(2,25)26/h10-11,16H,3-9,12-15H2,1-2H3,(H,21,24)/t16-/m1/s1. The summed E-state index contributed by atoms with van der Waals surface area (Å²) in [5.41, 5.74) is 0.